The van der Waals surface area contributed by atoms with Crippen molar-refractivity contribution in [2.45, 2.75) is 63.7 Å². The summed E-state index contributed by atoms with van der Waals surface area (Å²) in [5.74, 6) is -4.16. The van der Waals surface area contributed by atoms with E-state index in [0.717, 1.165) is 41.9 Å². The molecule has 0 bridgehead atoms. The number of aromatic nitrogens is 1. The van der Waals surface area contributed by atoms with Crippen molar-refractivity contribution < 1.29 is 46.3 Å². The molecule has 0 saturated carbocycles. The van der Waals surface area contributed by atoms with Crippen LogP contribution in [0.4, 0.5) is 34.6 Å². The van der Waals surface area contributed by atoms with Crippen molar-refractivity contribution in [3.63, 3.8) is 0 Å². The quantitative estimate of drug-likeness (QED) is 0.0671. The molecule has 1 atom stereocenters. The number of nitriles is 1. The number of halogens is 4. The van der Waals surface area contributed by atoms with E-state index in [0.29, 0.717) is 40.9 Å². The Balaban J connectivity index is 0.907. The van der Waals surface area contributed by atoms with Gasteiger partial charge in [0.2, 0.25) is 11.8 Å². The number of thiocarbonyl (C=S) groups is 1. The number of piperidine rings is 1. The average molecular weight is 842 g/mol. The standard InChI is InChI=1S/C42H35F4N7O6S/c1-41(2)39(58)52(30-16-11-24(21-47)34(35(30)43)42(44,45)46)40(60)53(41)25-12-15-28(49-22-25)23-9-13-26(14-10-23)59-20-5-3-4-19-48-29-8-6-7-27-33(29)38(57)51(37(27)56)31-17-18-32(54)50-36(31)55/h6-16,22,31,48H,3-5,17-20H2,1-2H3,(H,50,54,55). The summed E-state index contributed by atoms with van der Waals surface area (Å²) in [6, 6.07) is 17.5. The van der Waals surface area contributed by atoms with Gasteiger partial charge in [-0.2, -0.15) is 18.4 Å². The number of alkyl halides is 3. The van der Waals surface area contributed by atoms with Gasteiger partial charge in [0.05, 0.1) is 52.6 Å². The van der Waals surface area contributed by atoms with Crippen LogP contribution in [-0.2, 0) is 20.6 Å². The predicted octanol–water partition coefficient (Wildman–Crippen LogP) is 6.76. The molecule has 1 aromatic heterocycles. The maximum absolute atomic E-state index is 15.4. The lowest BCUT2D eigenvalue weighted by Gasteiger charge is -2.29. The van der Waals surface area contributed by atoms with Gasteiger partial charge in [-0.1, -0.05) is 6.07 Å². The number of fused-ring (bicyclic) bond motifs is 1. The van der Waals surface area contributed by atoms with Crippen LogP contribution in [-0.4, -0.2) is 69.3 Å². The number of rotatable bonds is 12. The highest BCUT2D eigenvalue weighted by Crippen LogP contribution is 2.42. The minimum absolute atomic E-state index is 0.0403. The lowest BCUT2D eigenvalue weighted by Crippen LogP contribution is -2.54. The van der Waals surface area contributed by atoms with Gasteiger partial charge in [0.25, 0.3) is 17.7 Å². The Hall–Kier alpha value is -6.74. The molecule has 1 unspecified atom stereocenters. The molecular formula is C42H35F4N7O6S. The largest absolute Gasteiger partial charge is 0.494 e. The highest BCUT2D eigenvalue weighted by atomic mass is 32.1. The second-order valence-corrected chi connectivity index (χ2v) is 15.1. The number of unbranched alkanes of at least 4 members (excludes halogenated alkanes) is 2. The van der Waals surface area contributed by atoms with E-state index < -0.39 is 69.9 Å². The number of anilines is 3. The summed E-state index contributed by atoms with van der Waals surface area (Å²) in [5.41, 5.74) is -2.28. The van der Waals surface area contributed by atoms with Crippen LogP contribution in [0.3, 0.4) is 0 Å². The van der Waals surface area contributed by atoms with Crippen molar-refractivity contribution in [3.8, 4) is 23.1 Å². The molecule has 2 fully saturated rings. The lowest BCUT2D eigenvalue weighted by molar-refractivity contribution is -0.140. The Labute approximate surface area is 345 Å². The molecular weight excluding hydrogens is 807 g/mol. The van der Waals surface area contributed by atoms with Crippen molar-refractivity contribution in [1.29, 1.82) is 5.26 Å². The zero-order valence-electron chi connectivity index (χ0n) is 32.1. The lowest BCUT2D eigenvalue weighted by atomic mass is 10.0. The van der Waals surface area contributed by atoms with Crippen molar-refractivity contribution >= 4 is 63.9 Å². The number of amides is 5. The molecule has 308 valence electrons. The molecule has 0 radical (unpaired) electrons. The van der Waals surface area contributed by atoms with Crippen molar-refractivity contribution in [2.75, 3.05) is 28.3 Å². The molecule has 60 heavy (non-hydrogen) atoms. The third-order valence-electron chi connectivity index (χ3n) is 10.5. The maximum atomic E-state index is 15.4. The van der Waals surface area contributed by atoms with Gasteiger partial charge in [-0.25, -0.2) is 4.39 Å². The van der Waals surface area contributed by atoms with Crippen molar-refractivity contribution in [2.24, 2.45) is 0 Å². The fraction of sp³-hybridized carbons (Fsp3) is 0.286. The summed E-state index contributed by atoms with van der Waals surface area (Å²) in [5, 5.41) is 14.3. The van der Waals surface area contributed by atoms with Crippen LogP contribution in [0.5, 0.6) is 5.75 Å². The number of nitrogens with zero attached hydrogens (tertiary/aromatic N) is 5. The maximum Gasteiger partial charge on any atom is 0.420 e. The van der Waals surface area contributed by atoms with E-state index in [9.17, 15) is 37.1 Å². The summed E-state index contributed by atoms with van der Waals surface area (Å²) < 4.78 is 62.5. The smallest absolute Gasteiger partial charge is 0.420 e. The first-order valence-electron chi connectivity index (χ1n) is 18.8. The minimum Gasteiger partial charge on any atom is -0.494 e. The first kappa shape index (κ1) is 41.4. The van der Waals surface area contributed by atoms with Crippen LogP contribution in [0.2, 0.25) is 0 Å². The van der Waals surface area contributed by atoms with Gasteiger partial charge in [-0.15, -0.1) is 0 Å². The number of hydrogen-bond acceptors (Lipinski definition) is 10. The summed E-state index contributed by atoms with van der Waals surface area (Å²) in [7, 11) is 0. The molecule has 2 saturated heterocycles. The van der Waals surface area contributed by atoms with Gasteiger partial charge in [0.15, 0.2) is 10.9 Å². The van der Waals surface area contributed by atoms with Crippen molar-refractivity contribution in [1.82, 2.24) is 15.2 Å². The Morgan fingerprint density at radius 2 is 1.73 bits per heavy atom. The highest BCUT2D eigenvalue weighted by molar-refractivity contribution is 7.81. The fourth-order valence-corrected chi connectivity index (χ4v) is 7.95. The molecule has 3 aliphatic heterocycles. The number of benzene rings is 3. The third-order valence-corrected chi connectivity index (χ3v) is 10.8. The van der Waals surface area contributed by atoms with E-state index >= 15 is 4.39 Å². The molecule has 3 aromatic carbocycles. The van der Waals surface area contributed by atoms with Gasteiger partial charge in [-0.05, 0) is 112 Å². The molecule has 7 rings (SSSR count). The SMILES string of the molecule is CC1(C)C(=O)N(c2ccc(C#N)c(C(F)(F)F)c2F)C(=S)N1c1ccc(-c2ccc(OCCCCCNc3cccc4c3C(=O)N(C3CCC(=O)NC3=O)C4=O)cc2)nc1. The second kappa shape index (κ2) is 16.1. The Morgan fingerprint density at radius 3 is 2.40 bits per heavy atom. The normalized spacial score (nSPS) is 17.6. The van der Waals surface area contributed by atoms with E-state index in [1.165, 1.54) is 31.0 Å². The fourth-order valence-electron chi connectivity index (χ4n) is 7.44. The van der Waals surface area contributed by atoms with E-state index in [1.54, 1.807) is 42.5 Å². The first-order chi connectivity index (χ1) is 28.5. The summed E-state index contributed by atoms with van der Waals surface area (Å²) in [4.78, 5) is 71.4. The molecule has 3 aliphatic rings. The zero-order chi connectivity index (χ0) is 43.1. The molecule has 18 heteroatoms. The van der Waals surface area contributed by atoms with E-state index in [1.807, 2.05) is 12.1 Å². The highest BCUT2D eigenvalue weighted by Gasteiger charge is 2.52. The van der Waals surface area contributed by atoms with Gasteiger partial charge in [-0.3, -0.25) is 44.1 Å². The molecule has 5 amide bonds. The monoisotopic (exact) mass is 841 g/mol. The van der Waals surface area contributed by atoms with E-state index in [2.05, 4.69) is 15.6 Å². The molecule has 13 nitrogen and oxygen atoms in total. The first-order valence-corrected chi connectivity index (χ1v) is 19.2. The predicted molar refractivity (Wildman–Crippen MR) is 213 cm³/mol. The summed E-state index contributed by atoms with van der Waals surface area (Å²) in [6.07, 6.45) is -1.35. The number of carbonyl (C=O) groups is 5. The molecule has 4 heterocycles. The topological polar surface area (TPSA) is 165 Å². The van der Waals surface area contributed by atoms with Crippen LogP contribution in [0, 0.1) is 17.1 Å². The number of hydrogen-bond donors (Lipinski definition) is 2. The number of carbonyl (C=O) groups excluding carboxylic acids is 5. The minimum atomic E-state index is -5.19. The molecule has 0 aliphatic carbocycles. The molecule has 4 aromatic rings. The number of imide groups is 2. The zero-order valence-corrected chi connectivity index (χ0v) is 32.9. The number of nitrogens with one attached hydrogen (secondary N) is 2. The molecule has 0 spiro atoms. The second-order valence-electron chi connectivity index (χ2n) is 14.7. The van der Waals surface area contributed by atoms with Crippen LogP contribution < -0.4 is 25.2 Å². The van der Waals surface area contributed by atoms with E-state index in [-0.39, 0.29) is 29.1 Å². The number of ether oxygens (including phenoxy) is 1. The Bertz CT molecular complexity index is 2490. The number of pyridine rings is 1. The Morgan fingerprint density at radius 1 is 0.983 bits per heavy atom. The van der Waals surface area contributed by atoms with Crippen LogP contribution in [0.15, 0.2) is 72.9 Å². The van der Waals surface area contributed by atoms with Crippen LogP contribution >= 0.6 is 12.2 Å². The van der Waals surface area contributed by atoms with E-state index in [4.69, 9.17) is 22.2 Å². The third kappa shape index (κ3) is 7.52. The van der Waals surface area contributed by atoms with Gasteiger partial charge in [0, 0.05) is 24.2 Å². The van der Waals surface area contributed by atoms with Gasteiger partial charge >= 0.3 is 6.18 Å². The van der Waals surface area contributed by atoms with Crippen LogP contribution in [0.1, 0.15) is 77.8 Å². The Kier molecular flexibility index (Phi) is 11.1. The van der Waals surface area contributed by atoms with Crippen molar-refractivity contribution in [3.05, 3.63) is 101 Å². The van der Waals surface area contributed by atoms with Gasteiger partial charge < -0.3 is 15.0 Å². The summed E-state index contributed by atoms with van der Waals surface area (Å²) in [6.45, 7) is 3.96. The molecule has 2 N–H and O–H groups in total. The van der Waals surface area contributed by atoms with Gasteiger partial charge in [0.1, 0.15) is 22.9 Å². The summed E-state index contributed by atoms with van der Waals surface area (Å²) >= 11 is 5.52. The van der Waals surface area contributed by atoms with Crippen LogP contribution in [0.25, 0.3) is 11.3 Å². The average Bonchev–Trinajstić information content (AvgIpc) is 3.56.